The molecule has 2 N–H and O–H groups in total. The molecular weight excluding hydrogens is 448 g/mol. The van der Waals surface area contributed by atoms with Crippen molar-refractivity contribution in [1.82, 2.24) is 40.0 Å². The average Bonchev–Trinajstić information content (AvgIpc) is 3.20. The number of nitrogens with one attached hydrogen (secondary N) is 1. The number of rotatable bonds is 7. The fourth-order valence-electron chi connectivity index (χ4n) is 5.16. The van der Waals surface area contributed by atoms with E-state index in [1.165, 1.54) is 11.3 Å². The quantitative estimate of drug-likeness (QED) is 0.608. The molecule has 0 spiro atoms. The first-order valence-corrected chi connectivity index (χ1v) is 12.7. The number of aliphatic hydroxyl groups excluding tert-OH is 1. The molecule has 3 fully saturated rings. The van der Waals surface area contributed by atoms with Crippen LogP contribution in [0.25, 0.3) is 0 Å². The lowest BCUT2D eigenvalue weighted by molar-refractivity contribution is -0.144. The lowest BCUT2D eigenvalue weighted by Gasteiger charge is -2.34. The number of hydrogen-bond donors (Lipinski definition) is 2. The lowest BCUT2D eigenvalue weighted by Crippen LogP contribution is -2.50. The van der Waals surface area contributed by atoms with E-state index in [0.717, 1.165) is 37.2 Å². The maximum Gasteiger partial charge on any atom is 0.248 e. The molecular formula is C24H36N8O3. The highest BCUT2D eigenvalue weighted by molar-refractivity contribution is 5.90. The molecule has 0 radical (unpaired) electrons. The Kier molecular flexibility index (Phi) is 6.14. The molecule has 3 aliphatic rings. The summed E-state index contributed by atoms with van der Waals surface area (Å²) in [7, 11) is 1.92. The van der Waals surface area contributed by atoms with Gasteiger partial charge in [0.1, 0.15) is 17.9 Å². The van der Waals surface area contributed by atoms with Crippen LogP contribution < -0.4 is 5.32 Å². The summed E-state index contributed by atoms with van der Waals surface area (Å²) in [6.07, 6.45) is 6.96. The topological polar surface area (TPSA) is 131 Å². The number of β-amino-alcohol motifs (C(OH)–C–C–N with tert-alkyl or cyclic N) is 1. The first-order chi connectivity index (χ1) is 16.6. The third-order valence-corrected chi connectivity index (χ3v) is 7.60. The van der Waals surface area contributed by atoms with Crippen molar-refractivity contribution in [2.24, 2.45) is 12.5 Å². The molecule has 2 saturated carbocycles. The standard InChI is InChI=1S/C24H36N8O3/c1-24(2,3)20(32-13-17(26-29-32)14-8-9-14)23(35)31-12-16(33)10-18(31)22(34)25-11-19-27-28-21(30(19)4)15-6-5-7-15/h13-16,18,20,33H,5-12H2,1-4H3,(H,25,34)/t16-,18+,20-/m1/s1. The second-order valence-electron chi connectivity index (χ2n) is 11.4. The number of amides is 2. The van der Waals surface area contributed by atoms with Gasteiger partial charge >= 0.3 is 0 Å². The summed E-state index contributed by atoms with van der Waals surface area (Å²) >= 11 is 0. The van der Waals surface area contributed by atoms with Crippen molar-refractivity contribution in [3.8, 4) is 0 Å². The minimum Gasteiger partial charge on any atom is -0.391 e. The Labute approximate surface area is 205 Å². The number of nitrogens with zero attached hydrogens (tertiary/aromatic N) is 7. The molecule has 190 valence electrons. The van der Waals surface area contributed by atoms with Crippen LogP contribution in [0.3, 0.4) is 0 Å². The van der Waals surface area contributed by atoms with Gasteiger partial charge in [0.25, 0.3) is 0 Å². The van der Waals surface area contributed by atoms with Gasteiger partial charge in [-0.2, -0.15) is 0 Å². The van der Waals surface area contributed by atoms with E-state index in [-0.39, 0.29) is 31.3 Å². The normalized spacial score (nSPS) is 23.9. The van der Waals surface area contributed by atoms with Crippen LogP contribution in [0.1, 0.15) is 94.5 Å². The zero-order valence-corrected chi connectivity index (χ0v) is 21.0. The molecule has 5 rings (SSSR count). The predicted molar refractivity (Wildman–Crippen MR) is 126 cm³/mol. The summed E-state index contributed by atoms with van der Waals surface area (Å²) in [6, 6.07) is -1.39. The van der Waals surface area contributed by atoms with Gasteiger partial charge in [-0.15, -0.1) is 15.3 Å². The van der Waals surface area contributed by atoms with Crippen LogP contribution in [0.15, 0.2) is 6.20 Å². The van der Waals surface area contributed by atoms with E-state index in [9.17, 15) is 14.7 Å². The van der Waals surface area contributed by atoms with E-state index in [1.807, 2.05) is 38.6 Å². The molecule has 2 aromatic heterocycles. The van der Waals surface area contributed by atoms with Crippen LogP contribution in [0.2, 0.25) is 0 Å². The first-order valence-electron chi connectivity index (χ1n) is 12.7. The van der Waals surface area contributed by atoms with Crippen LogP contribution in [-0.2, 0) is 23.2 Å². The second-order valence-corrected chi connectivity index (χ2v) is 11.4. The molecule has 0 aromatic carbocycles. The van der Waals surface area contributed by atoms with E-state index in [0.29, 0.717) is 17.7 Å². The predicted octanol–water partition coefficient (Wildman–Crippen LogP) is 1.42. The van der Waals surface area contributed by atoms with Crippen LogP contribution in [-0.4, -0.2) is 70.3 Å². The Morgan fingerprint density at radius 2 is 1.89 bits per heavy atom. The minimum atomic E-state index is -0.756. The lowest BCUT2D eigenvalue weighted by atomic mass is 9.85. The number of aromatic nitrogens is 6. The Morgan fingerprint density at radius 3 is 2.51 bits per heavy atom. The number of carbonyl (C=O) groups is 2. The number of carbonyl (C=O) groups excluding carboxylic acids is 2. The maximum absolute atomic E-state index is 13.8. The second kappa shape index (κ2) is 9.00. The Morgan fingerprint density at radius 1 is 1.14 bits per heavy atom. The molecule has 2 amide bonds. The molecule has 2 aromatic rings. The Bertz CT molecular complexity index is 1090. The van der Waals surface area contributed by atoms with E-state index in [4.69, 9.17) is 0 Å². The van der Waals surface area contributed by atoms with Crippen LogP contribution >= 0.6 is 0 Å². The SMILES string of the molecule is Cn1c(CNC(=O)[C@@H]2C[C@@H](O)CN2C(=O)[C@@H](n2cc(C3CC3)nn2)C(C)(C)C)nnc1C1CCC1. The molecule has 1 saturated heterocycles. The van der Waals surface area contributed by atoms with E-state index in [1.54, 1.807) is 4.68 Å². The van der Waals surface area contributed by atoms with Gasteiger partial charge in [0.15, 0.2) is 5.82 Å². The molecule has 0 bridgehead atoms. The van der Waals surface area contributed by atoms with Gasteiger partial charge in [0.05, 0.1) is 18.3 Å². The van der Waals surface area contributed by atoms with E-state index >= 15 is 0 Å². The van der Waals surface area contributed by atoms with Crippen molar-refractivity contribution in [3.63, 3.8) is 0 Å². The van der Waals surface area contributed by atoms with Crippen molar-refractivity contribution in [1.29, 1.82) is 0 Å². The van der Waals surface area contributed by atoms with E-state index in [2.05, 4.69) is 25.8 Å². The third-order valence-electron chi connectivity index (χ3n) is 7.60. The largest absolute Gasteiger partial charge is 0.391 e. The van der Waals surface area contributed by atoms with Crippen LogP contribution in [0.4, 0.5) is 0 Å². The van der Waals surface area contributed by atoms with Crippen molar-refractivity contribution < 1.29 is 14.7 Å². The van der Waals surface area contributed by atoms with Gasteiger partial charge in [0.2, 0.25) is 11.8 Å². The Hall–Kier alpha value is -2.82. The molecule has 11 nitrogen and oxygen atoms in total. The fourth-order valence-corrected chi connectivity index (χ4v) is 5.16. The average molecular weight is 485 g/mol. The highest BCUT2D eigenvalue weighted by Crippen LogP contribution is 2.40. The monoisotopic (exact) mass is 484 g/mol. The van der Waals surface area contributed by atoms with Gasteiger partial charge in [-0.25, -0.2) is 4.68 Å². The van der Waals surface area contributed by atoms with Gasteiger partial charge in [-0.05, 0) is 31.1 Å². The number of aliphatic hydroxyl groups is 1. The minimum absolute atomic E-state index is 0.115. The highest BCUT2D eigenvalue weighted by atomic mass is 16.3. The van der Waals surface area contributed by atoms with Crippen molar-refractivity contribution in [2.75, 3.05) is 6.54 Å². The summed E-state index contributed by atoms with van der Waals surface area (Å²) in [5.74, 6) is 1.98. The van der Waals surface area contributed by atoms with Crippen molar-refractivity contribution >= 4 is 11.8 Å². The summed E-state index contributed by atoms with van der Waals surface area (Å²) in [5, 5.41) is 30.5. The zero-order chi connectivity index (χ0) is 24.9. The molecule has 3 heterocycles. The molecule has 1 aliphatic heterocycles. The molecule has 2 aliphatic carbocycles. The first kappa shape index (κ1) is 23.9. The molecule has 3 atom stereocenters. The van der Waals surface area contributed by atoms with Gasteiger partial charge in [-0.3, -0.25) is 9.59 Å². The molecule has 0 unspecified atom stereocenters. The van der Waals surface area contributed by atoms with Crippen LogP contribution in [0.5, 0.6) is 0 Å². The smallest absolute Gasteiger partial charge is 0.248 e. The van der Waals surface area contributed by atoms with Gasteiger partial charge < -0.3 is 19.9 Å². The Balaban J connectivity index is 1.30. The third kappa shape index (κ3) is 4.70. The summed E-state index contributed by atoms with van der Waals surface area (Å²) in [5.41, 5.74) is 0.448. The molecule has 11 heteroatoms. The summed E-state index contributed by atoms with van der Waals surface area (Å²) in [4.78, 5) is 28.5. The highest BCUT2D eigenvalue weighted by Gasteiger charge is 2.45. The van der Waals surface area contributed by atoms with Crippen molar-refractivity contribution in [2.45, 2.75) is 95.9 Å². The summed E-state index contributed by atoms with van der Waals surface area (Å²) in [6.45, 7) is 6.26. The van der Waals surface area contributed by atoms with E-state index < -0.39 is 23.6 Å². The number of likely N-dealkylation sites (tertiary alicyclic amines) is 1. The number of hydrogen-bond acceptors (Lipinski definition) is 7. The van der Waals surface area contributed by atoms with Gasteiger partial charge in [-0.1, -0.05) is 32.4 Å². The zero-order valence-electron chi connectivity index (χ0n) is 21.0. The summed E-state index contributed by atoms with van der Waals surface area (Å²) < 4.78 is 3.59. The van der Waals surface area contributed by atoms with Crippen LogP contribution in [0, 0.1) is 5.41 Å². The molecule has 35 heavy (non-hydrogen) atoms. The maximum atomic E-state index is 13.8. The fraction of sp³-hybridized carbons (Fsp3) is 0.750. The van der Waals surface area contributed by atoms with Gasteiger partial charge in [0, 0.05) is 38.0 Å². The van der Waals surface area contributed by atoms with Crippen molar-refractivity contribution in [3.05, 3.63) is 23.5 Å².